The van der Waals surface area contributed by atoms with Gasteiger partial charge < -0.3 is 0 Å². The van der Waals surface area contributed by atoms with Gasteiger partial charge in [0.2, 0.25) is 5.16 Å². The van der Waals surface area contributed by atoms with E-state index in [0.717, 1.165) is 5.56 Å². The second-order valence-corrected chi connectivity index (χ2v) is 4.45. The van der Waals surface area contributed by atoms with E-state index in [2.05, 4.69) is 21.0 Å². The van der Waals surface area contributed by atoms with Crippen LogP contribution in [0.1, 0.15) is 15.9 Å². The van der Waals surface area contributed by atoms with Crippen LogP contribution in [0, 0.1) is 0 Å². The second-order valence-electron chi connectivity index (χ2n) is 3.50. The van der Waals surface area contributed by atoms with Crippen LogP contribution in [0.4, 0.5) is 0 Å². The Kier molecular flexibility index (Phi) is 3.90. The minimum Gasteiger partial charge on any atom is -0.290 e. The lowest BCUT2D eigenvalue weighted by molar-refractivity contribution is 0.0953. The number of nitrogen functional groups attached to an aromatic ring is 1. The molecule has 0 aliphatic carbocycles. The first-order chi connectivity index (χ1) is 8.72. The molecule has 18 heavy (non-hydrogen) atoms. The van der Waals surface area contributed by atoms with Gasteiger partial charge in [0.25, 0.3) is 5.91 Å². The number of nitrogens with one attached hydrogen (secondary N) is 1. The summed E-state index contributed by atoms with van der Waals surface area (Å²) in [7, 11) is 1.76. The molecular formula is C10H12N6OS. The van der Waals surface area contributed by atoms with Gasteiger partial charge in [-0.25, -0.2) is 10.5 Å². The predicted molar refractivity (Wildman–Crippen MR) is 66.5 cm³/mol. The molecule has 2 rings (SSSR count). The molecule has 0 radical (unpaired) electrons. The van der Waals surface area contributed by atoms with Crippen LogP contribution in [0.15, 0.2) is 29.4 Å². The molecule has 0 aliphatic rings. The van der Waals surface area contributed by atoms with Gasteiger partial charge in [0.1, 0.15) is 0 Å². The number of amides is 1. The summed E-state index contributed by atoms with van der Waals surface area (Å²) < 4.78 is 1.58. The molecule has 0 atom stereocenters. The van der Waals surface area contributed by atoms with E-state index < -0.39 is 0 Å². The molecule has 0 unspecified atom stereocenters. The monoisotopic (exact) mass is 264 g/mol. The lowest BCUT2D eigenvalue weighted by Gasteiger charge is -2.06. The Bertz CT molecular complexity index is 555. The number of nitrogens with two attached hydrogens (primary N) is 1. The first kappa shape index (κ1) is 12.5. The summed E-state index contributed by atoms with van der Waals surface area (Å²) in [4.78, 5) is 11.6. The van der Waals surface area contributed by atoms with Crippen molar-refractivity contribution in [3.8, 4) is 0 Å². The first-order valence-electron chi connectivity index (χ1n) is 5.16. The molecule has 0 fully saturated rings. The molecule has 1 amide bonds. The number of hydrogen-bond donors (Lipinski definition) is 2. The van der Waals surface area contributed by atoms with Crippen molar-refractivity contribution in [3.05, 3.63) is 35.4 Å². The third kappa shape index (κ3) is 2.66. The Balaban J connectivity index is 2.14. The normalized spacial score (nSPS) is 10.3. The quantitative estimate of drug-likeness (QED) is 0.352. The Morgan fingerprint density at radius 2 is 2.28 bits per heavy atom. The maximum atomic E-state index is 11.6. The molecule has 3 N–H and O–H groups in total. The molecule has 1 heterocycles. The standard InChI is InChI=1S/C10H12N6OS/c1-16-10(13-14-15-16)18-6-7-4-2-3-5-8(7)9(17)12-11/h2-5H,6,11H2,1H3,(H,12,17). The minimum atomic E-state index is -0.303. The number of nitrogens with zero attached hydrogens (tertiary/aromatic N) is 4. The van der Waals surface area contributed by atoms with E-state index >= 15 is 0 Å². The van der Waals surface area contributed by atoms with Crippen molar-refractivity contribution >= 4 is 17.7 Å². The van der Waals surface area contributed by atoms with Gasteiger partial charge in [0.15, 0.2) is 0 Å². The van der Waals surface area contributed by atoms with Gasteiger partial charge in [-0.05, 0) is 22.1 Å². The average molecular weight is 264 g/mol. The number of aryl methyl sites for hydroxylation is 1. The highest BCUT2D eigenvalue weighted by molar-refractivity contribution is 7.98. The fourth-order valence-electron chi connectivity index (χ4n) is 1.43. The number of hydrazine groups is 1. The van der Waals surface area contributed by atoms with Gasteiger partial charge in [0, 0.05) is 18.4 Å². The van der Waals surface area contributed by atoms with E-state index in [1.807, 2.05) is 12.1 Å². The van der Waals surface area contributed by atoms with Crippen molar-refractivity contribution < 1.29 is 4.79 Å². The predicted octanol–water partition coefficient (Wildman–Crippen LogP) is 0.106. The molecular weight excluding hydrogens is 252 g/mol. The van der Waals surface area contributed by atoms with Gasteiger partial charge in [-0.1, -0.05) is 30.0 Å². The number of hydrogen-bond acceptors (Lipinski definition) is 6. The van der Waals surface area contributed by atoms with Crippen LogP contribution < -0.4 is 11.3 Å². The molecule has 0 saturated heterocycles. The van der Waals surface area contributed by atoms with E-state index in [9.17, 15) is 4.79 Å². The van der Waals surface area contributed by atoms with Gasteiger partial charge >= 0.3 is 0 Å². The first-order valence-corrected chi connectivity index (χ1v) is 6.15. The maximum absolute atomic E-state index is 11.6. The van der Waals surface area contributed by atoms with Crippen LogP contribution in [-0.4, -0.2) is 26.1 Å². The van der Waals surface area contributed by atoms with Gasteiger partial charge in [-0.15, -0.1) is 5.10 Å². The molecule has 2 aromatic rings. The molecule has 0 bridgehead atoms. The molecule has 0 saturated carbocycles. The Morgan fingerprint density at radius 3 is 2.94 bits per heavy atom. The Labute approximate surface area is 108 Å². The Hall–Kier alpha value is -1.93. The summed E-state index contributed by atoms with van der Waals surface area (Å²) in [6.07, 6.45) is 0. The molecule has 94 valence electrons. The summed E-state index contributed by atoms with van der Waals surface area (Å²) in [5.41, 5.74) is 3.57. The van der Waals surface area contributed by atoms with Crippen LogP contribution >= 0.6 is 11.8 Å². The third-order valence-electron chi connectivity index (χ3n) is 2.33. The minimum absolute atomic E-state index is 0.303. The topological polar surface area (TPSA) is 98.7 Å². The highest BCUT2D eigenvalue weighted by Crippen LogP contribution is 2.21. The summed E-state index contributed by atoms with van der Waals surface area (Å²) >= 11 is 1.45. The summed E-state index contributed by atoms with van der Waals surface area (Å²) in [6.45, 7) is 0. The zero-order valence-electron chi connectivity index (χ0n) is 9.70. The van der Waals surface area contributed by atoms with Crippen LogP contribution in [0.5, 0.6) is 0 Å². The number of carbonyl (C=O) groups is 1. The smallest absolute Gasteiger partial charge is 0.265 e. The van der Waals surface area contributed by atoms with Crippen molar-refractivity contribution in [2.45, 2.75) is 10.9 Å². The highest BCUT2D eigenvalue weighted by atomic mass is 32.2. The average Bonchev–Trinajstić information content (AvgIpc) is 2.81. The SMILES string of the molecule is Cn1nnnc1SCc1ccccc1C(=O)NN. The van der Waals surface area contributed by atoms with Crippen molar-refractivity contribution in [1.29, 1.82) is 0 Å². The zero-order chi connectivity index (χ0) is 13.0. The zero-order valence-corrected chi connectivity index (χ0v) is 10.5. The van der Waals surface area contributed by atoms with E-state index in [-0.39, 0.29) is 5.91 Å². The van der Waals surface area contributed by atoms with Crippen LogP contribution in [0.2, 0.25) is 0 Å². The van der Waals surface area contributed by atoms with Gasteiger partial charge in [0.05, 0.1) is 0 Å². The van der Waals surface area contributed by atoms with Crippen LogP contribution in [0.25, 0.3) is 0 Å². The number of thioether (sulfide) groups is 1. The largest absolute Gasteiger partial charge is 0.290 e. The molecule has 0 aliphatic heterocycles. The fraction of sp³-hybridized carbons (Fsp3) is 0.200. The number of rotatable bonds is 4. The second kappa shape index (κ2) is 5.61. The number of aromatic nitrogens is 4. The molecule has 0 spiro atoms. The van der Waals surface area contributed by atoms with E-state index in [1.54, 1.807) is 23.9 Å². The third-order valence-corrected chi connectivity index (χ3v) is 3.39. The van der Waals surface area contributed by atoms with Crippen molar-refractivity contribution in [2.24, 2.45) is 12.9 Å². The van der Waals surface area contributed by atoms with E-state index in [1.165, 1.54) is 11.8 Å². The Morgan fingerprint density at radius 1 is 1.50 bits per heavy atom. The summed E-state index contributed by atoms with van der Waals surface area (Å²) in [5, 5.41) is 11.8. The number of tetrazole rings is 1. The molecule has 7 nitrogen and oxygen atoms in total. The van der Waals surface area contributed by atoms with Gasteiger partial charge in [-0.3, -0.25) is 10.2 Å². The fourth-order valence-corrected chi connectivity index (χ4v) is 2.29. The van der Waals surface area contributed by atoms with E-state index in [0.29, 0.717) is 16.5 Å². The van der Waals surface area contributed by atoms with Crippen molar-refractivity contribution in [3.63, 3.8) is 0 Å². The molecule has 8 heteroatoms. The summed E-state index contributed by atoms with van der Waals surface area (Å²) in [5.74, 6) is 5.44. The maximum Gasteiger partial charge on any atom is 0.265 e. The molecule has 1 aromatic carbocycles. The highest BCUT2D eigenvalue weighted by Gasteiger charge is 2.11. The van der Waals surface area contributed by atoms with Crippen LogP contribution in [0.3, 0.4) is 0 Å². The van der Waals surface area contributed by atoms with Crippen molar-refractivity contribution in [1.82, 2.24) is 25.6 Å². The van der Waals surface area contributed by atoms with Gasteiger partial charge in [-0.2, -0.15) is 0 Å². The number of benzene rings is 1. The number of carbonyl (C=O) groups excluding carboxylic acids is 1. The molecule has 1 aromatic heterocycles. The van der Waals surface area contributed by atoms with Crippen molar-refractivity contribution in [2.75, 3.05) is 0 Å². The van der Waals surface area contributed by atoms with Crippen LogP contribution in [-0.2, 0) is 12.8 Å². The lowest BCUT2D eigenvalue weighted by Crippen LogP contribution is -2.30. The lowest BCUT2D eigenvalue weighted by atomic mass is 10.1. The summed E-state index contributed by atoms with van der Waals surface area (Å²) in [6, 6.07) is 7.27. The van der Waals surface area contributed by atoms with E-state index in [4.69, 9.17) is 5.84 Å².